The zero-order valence-corrected chi connectivity index (χ0v) is 16.3. The molecule has 0 saturated carbocycles. The Hall–Kier alpha value is -1.78. The van der Waals surface area contributed by atoms with E-state index in [0.29, 0.717) is 39.6 Å². The van der Waals surface area contributed by atoms with Gasteiger partial charge in [-0.3, -0.25) is 4.79 Å². The van der Waals surface area contributed by atoms with Crippen LogP contribution in [-0.2, 0) is 14.3 Å². The molecule has 6 heteroatoms. The molecule has 1 heterocycles. The number of halogens is 2. The van der Waals surface area contributed by atoms with Gasteiger partial charge in [0.25, 0.3) is 0 Å². The molecule has 26 heavy (non-hydrogen) atoms. The van der Waals surface area contributed by atoms with Crippen LogP contribution in [0.2, 0.25) is 10.0 Å². The van der Waals surface area contributed by atoms with Crippen LogP contribution in [0.4, 0.5) is 0 Å². The summed E-state index contributed by atoms with van der Waals surface area (Å²) < 4.78 is 5.30. The molecule has 1 aliphatic carbocycles. The van der Waals surface area contributed by atoms with Crippen LogP contribution in [0.25, 0.3) is 0 Å². The first-order valence-corrected chi connectivity index (χ1v) is 9.61. The highest BCUT2D eigenvalue weighted by Gasteiger charge is 2.40. The van der Waals surface area contributed by atoms with Crippen LogP contribution in [0, 0.1) is 0 Å². The molecule has 0 aromatic heterocycles. The third-order valence-corrected chi connectivity index (χ3v) is 5.35. The van der Waals surface area contributed by atoms with Crippen LogP contribution in [0.5, 0.6) is 0 Å². The molecule has 0 unspecified atom stereocenters. The van der Waals surface area contributed by atoms with E-state index in [1.165, 1.54) is 0 Å². The lowest BCUT2D eigenvalue weighted by Gasteiger charge is -2.35. The van der Waals surface area contributed by atoms with Crippen molar-refractivity contribution in [2.45, 2.75) is 45.4 Å². The highest BCUT2D eigenvalue weighted by atomic mass is 35.5. The Balaban J connectivity index is 2.23. The van der Waals surface area contributed by atoms with Crippen LogP contribution >= 0.6 is 23.2 Å². The fourth-order valence-electron chi connectivity index (χ4n) is 3.67. The van der Waals surface area contributed by atoms with Gasteiger partial charge in [0.2, 0.25) is 0 Å². The molecule has 0 radical (unpaired) electrons. The lowest BCUT2D eigenvalue weighted by atomic mass is 9.75. The van der Waals surface area contributed by atoms with Gasteiger partial charge in [-0.05, 0) is 43.9 Å². The van der Waals surface area contributed by atoms with Crippen LogP contribution in [0.1, 0.15) is 51.0 Å². The normalized spacial score (nSPS) is 20.0. The Morgan fingerprint density at radius 2 is 2.04 bits per heavy atom. The van der Waals surface area contributed by atoms with E-state index in [1.54, 1.807) is 25.1 Å². The van der Waals surface area contributed by atoms with Crippen molar-refractivity contribution in [2.75, 3.05) is 6.61 Å². The molecule has 0 saturated heterocycles. The summed E-state index contributed by atoms with van der Waals surface area (Å²) in [6, 6.07) is 5.16. The van der Waals surface area contributed by atoms with Crippen molar-refractivity contribution in [3.05, 3.63) is 56.3 Å². The Morgan fingerprint density at radius 3 is 2.69 bits per heavy atom. The molecule has 1 N–H and O–H groups in total. The molecule has 138 valence electrons. The molecule has 2 aliphatic rings. The number of ether oxygens (including phenoxy) is 1. The first-order valence-electron chi connectivity index (χ1n) is 8.86. The molecule has 4 nitrogen and oxygen atoms in total. The van der Waals surface area contributed by atoms with Crippen molar-refractivity contribution in [3.63, 3.8) is 0 Å². The minimum Gasteiger partial charge on any atom is -0.463 e. The number of ketones is 1. The molecule has 0 fully saturated rings. The molecule has 1 aromatic rings. The number of Topliss-reactive ketones (excluding diaryl/α,β-unsaturated/α-hetero) is 1. The van der Waals surface area contributed by atoms with Gasteiger partial charge in [-0.2, -0.15) is 0 Å². The molecular weight excluding hydrogens is 373 g/mol. The highest BCUT2D eigenvalue weighted by molar-refractivity contribution is 6.35. The molecule has 0 spiro atoms. The van der Waals surface area contributed by atoms with Gasteiger partial charge in [0, 0.05) is 39.4 Å². The van der Waals surface area contributed by atoms with Gasteiger partial charge in [-0.25, -0.2) is 4.79 Å². The minimum atomic E-state index is -0.530. The Kier molecular flexibility index (Phi) is 5.73. The van der Waals surface area contributed by atoms with Crippen molar-refractivity contribution < 1.29 is 14.3 Å². The number of benzene rings is 1. The van der Waals surface area contributed by atoms with Crippen molar-refractivity contribution in [2.24, 2.45) is 0 Å². The van der Waals surface area contributed by atoms with E-state index in [4.69, 9.17) is 27.9 Å². The monoisotopic (exact) mass is 393 g/mol. The van der Waals surface area contributed by atoms with Gasteiger partial charge < -0.3 is 10.1 Å². The second-order valence-corrected chi connectivity index (χ2v) is 7.20. The van der Waals surface area contributed by atoms with E-state index in [0.717, 1.165) is 24.2 Å². The maximum absolute atomic E-state index is 12.8. The van der Waals surface area contributed by atoms with E-state index >= 15 is 0 Å². The zero-order valence-electron chi connectivity index (χ0n) is 14.8. The predicted octanol–water partition coefficient (Wildman–Crippen LogP) is 4.91. The number of nitrogens with one attached hydrogen (secondary N) is 1. The summed E-state index contributed by atoms with van der Waals surface area (Å²) >= 11 is 12.5. The van der Waals surface area contributed by atoms with Crippen LogP contribution in [-0.4, -0.2) is 18.4 Å². The van der Waals surface area contributed by atoms with Gasteiger partial charge in [0.05, 0.1) is 12.2 Å². The van der Waals surface area contributed by atoms with E-state index in [-0.39, 0.29) is 12.4 Å². The smallest absolute Gasteiger partial charge is 0.336 e. The number of carbonyl (C=O) groups excluding carboxylic acids is 2. The predicted molar refractivity (Wildman–Crippen MR) is 102 cm³/mol. The third-order valence-electron chi connectivity index (χ3n) is 4.78. The second-order valence-electron chi connectivity index (χ2n) is 6.36. The average Bonchev–Trinajstić information content (AvgIpc) is 2.60. The number of hydrogen-bond acceptors (Lipinski definition) is 4. The molecule has 1 aromatic carbocycles. The molecule has 1 aliphatic heterocycles. The SMILES string of the molecule is CCOC(=O)C1=C(CC)NC2=C(C(=O)CCC2)[C@@H]1c1ccc(Cl)cc1Cl. The summed E-state index contributed by atoms with van der Waals surface area (Å²) in [4.78, 5) is 25.6. The maximum atomic E-state index is 12.8. The second kappa shape index (κ2) is 7.85. The first-order chi connectivity index (χ1) is 12.5. The fraction of sp³-hybridized carbons (Fsp3) is 0.400. The van der Waals surface area contributed by atoms with E-state index < -0.39 is 11.9 Å². The largest absolute Gasteiger partial charge is 0.463 e. The number of dihydropyridines is 1. The van der Waals surface area contributed by atoms with Crippen molar-refractivity contribution in [3.8, 4) is 0 Å². The fourth-order valence-corrected chi connectivity index (χ4v) is 4.19. The van der Waals surface area contributed by atoms with Gasteiger partial charge >= 0.3 is 5.97 Å². The lowest BCUT2D eigenvalue weighted by Crippen LogP contribution is -2.35. The lowest BCUT2D eigenvalue weighted by molar-refractivity contribution is -0.138. The first kappa shape index (κ1) is 19.0. The number of hydrogen-bond donors (Lipinski definition) is 1. The van der Waals surface area contributed by atoms with Gasteiger partial charge in [0.15, 0.2) is 5.78 Å². The summed E-state index contributed by atoms with van der Waals surface area (Å²) in [5, 5.41) is 4.27. The van der Waals surface area contributed by atoms with Crippen molar-refractivity contribution >= 4 is 35.0 Å². The Bertz CT molecular complexity index is 826. The number of carbonyl (C=O) groups is 2. The maximum Gasteiger partial charge on any atom is 0.336 e. The summed E-state index contributed by atoms with van der Waals surface area (Å²) in [5.41, 5.74) is 3.47. The van der Waals surface area contributed by atoms with Gasteiger partial charge in [0.1, 0.15) is 0 Å². The molecule has 1 atom stereocenters. The minimum absolute atomic E-state index is 0.0479. The van der Waals surface area contributed by atoms with Crippen LogP contribution < -0.4 is 5.32 Å². The van der Waals surface area contributed by atoms with E-state index in [9.17, 15) is 9.59 Å². The quantitative estimate of drug-likeness (QED) is 0.737. The van der Waals surface area contributed by atoms with Crippen LogP contribution in [0.3, 0.4) is 0 Å². The topological polar surface area (TPSA) is 55.4 Å². The van der Waals surface area contributed by atoms with Gasteiger partial charge in [-0.15, -0.1) is 0 Å². The number of rotatable bonds is 4. The Morgan fingerprint density at radius 1 is 1.27 bits per heavy atom. The molecule has 0 bridgehead atoms. The van der Waals surface area contributed by atoms with Crippen molar-refractivity contribution in [1.29, 1.82) is 0 Å². The average molecular weight is 394 g/mol. The molecule has 0 amide bonds. The van der Waals surface area contributed by atoms with Crippen molar-refractivity contribution in [1.82, 2.24) is 5.32 Å². The molecular formula is C20H21Cl2NO3. The zero-order chi connectivity index (χ0) is 18.8. The summed E-state index contributed by atoms with van der Waals surface area (Å²) in [5.74, 6) is -0.901. The highest BCUT2D eigenvalue weighted by Crippen LogP contribution is 2.45. The summed E-state index contributed by atoms with van der Waals surface area (Å²) in [7, 11) is 0. The summed E-state index contributed by atoms with van der Waals surface area (Å²) in [6.45, 7) is 4.00. The Labute approximate surface area is 163 Å². The standard InChI is InChI=1S/C20H21Cl2NO3/c1-3-14-19(20(25)26-4-2)17(12-9-8-11(21)10-13(12)22)18-15(23-14)6-5-7-16(18)24/h8-10,17,23H,3-7H2,1-2H3/t17-/m0/s1. The van der Waals surface area contributed by atoms with Crippen LogP contribution in [0.15, 0.2) is 40.7 Å². The van der Waals surface area contributed by atoms with E-state index in [1.807, 2.05) is 6.92 Å². The van der Waals surface area contributed by atoms with Gasteiger partial charge in [-0.1, -0.05) is 36.2 Å². The summed E-state index contributed by atoms with van der Waals surface area (Å²) in [6.07, 6.45) is 2.68. The number of esters is 1. The van der Waals surface area contributed by atoms with E-state index in [2.05, 4.69) is 5.32 Å². The third kappa shape index (κ3) is 3.40. The molecule has 3 rings (SSSR count). The number of allylic oxidation sites excluding steroid dienone is 3.